The number of rotatable bonds is 5. The van der Waals surface area contributed by atoms with Gasteiger partial charge in [0.15, 0.2) is 0 Å². The lowest BCUT2D eigenvalue weighted by Crippen LogP contribution is -2.50. The summed E-state index contributed by atoms with van der Waals surface area (Å²) in [4.78, 5) is 30.1. The van der Waals surface area contributed by atoms with E-state index in [0.29, 0.717) is 50.6 Å². The van der Waals surface area contributed by atoms with Crippen LogP contribution in [0.1, 0.15) is 45.4 Å². The molecule has 31 heavy (non-hydrogen) atoms. The number of hydrogen-bond donors (Lipinski definition) is 1. The van der Waals surface area contributed by atoms with Crippen molar-refractivity contribution in [1.29, 1.82) is 0 Å². The van der Waals surface area contributed by atoms with Crippen LogP contribution in [0.25, 0.3) is 0 Å². The van der Waals surface area contributed by atoms with E-state index in [2.05, 4.69) is 0 Å². The highest BCUT2D eigenvalue weighted by molar-refractivity contribution is 5.87. The SMILES string of the molecule is CCCN(C(=O)O)c1ccc(N2CCC[C@]3(CCN(C4CCOCC4)C3=O)C2)c(F)c1. The first-order chi connectivity index (χ1) is 14.9. The Morgan fingerprint density at radius 3 is 2.74 bits per heavy atom. The molecule has 3 heterocycles. The number of ether oxygens (including phenoxy) is 1. The number of anilines is 2. The average Bonchev–Trinajstić information content (AvgIpc) is 3.07. The van der Waals surface area contributed by atoms with Crippen molar-refractivity contribution in [3.05, 3.63) is 24.0 Å². The van der Waals surface area contributed by atoms with Crippen molar-refractivity contribution in [3.63, 3.8) is 0 Å². The van der Waals surface area contributed by atoms with Crippen LogP contribution < -0.4 is 9.80 Å². The van der Waals surface area contributed by atoms with E-state index in [0.717, 1.165) is 43.5 Å². The highest BCUT2D eigenvalue weighted by atomic mass is 19.1. The summed E-state index contributed by atoms with van der Waals surface area (Å²) in [5.74, 6) is -0.232. The van der Waals surface area contributed by atoms with Gasteiger partial charge >= 0.3 is 6.09 Å². The molecule has 0 aliphatic carbocycles. The van der Waals surface area contributed by atoms with Gasteiger partial charge in [-0.25, -0.2) is 9.18 Å². The highest BCUT2D eigenvalue weighted by Crippen LogP contribution is 2.43. The zero-order chi connectivity index (χ0) is 22.0. The van der Waals surface area contributed by atoms with E-state index in [1.54, 1.807) is 12.1 Å². The number of halogens is 1. The largest absolute Gasteiger partial charge is 0.465 e. The fraction of sp³-hybridized carbons (Fsp3) is 0.652. The smallest absolute Gasteiger partial charge is 0.411 e. The van der Waals surface area contributed by atoms with Gasteiger partial charge in [0.05, 0.1) is 16.8 Å². The molecule has 1 spiro atoms. The van der Waals surface area contributed by atoms with Gasteiger partial charge in [0.1, 0.15) is 5.82 Å². The van der Waals surface area contributed by atoms with Crippen molar-refractivity contribution in [1.82, 2.24) is 4.90 Å². The second-order valence-electron chi connectivity index (χ2n) is 8.97. The molecule has 8 heteroatoms. The number of hydrogen-bond acceptors (Lipinski definition) is 4. The summed E-state index contributed by atoms with van der Waals surface area (Å²) in [5, 5.41) is 9.41. The molecule has 3 aliphatic heterocycles. The molecule has 1 aromatic carbocycles. The number of carbonyl (C=O) groups excluding carboxylic acids is 1. The van der Waals surface area contributed by atoms with Crippen LogP contribution in [-0.4, -0.2) is 67.4 Å². The second-order valence-corrected chi connectivity index (χ2v) is 8.97. The zero-order valence-corrected chi connectivity index (χ0v) is 18.2. The number of piperidine rings is 1. The maximum Gasteiger partial charge on any atom is 0.411 e. The van der Waals surface area contributed by atoms with Crippen LogP contribution in [-0.2, 0) is 9.53 Å². The fourth-order valence-electron chi connectivity index (χ4n) is 5.39. The first-order valence-electron chi connectivity index (χ1n) is 11.4. The van der Waals surface area contributed by atoms with E-state index in [-0.39, 0.29) is 11.9 Å². The third kappa shape index (κ3) is 4.22. The topological polar surface area (TPSA) is 73.3 Å². The molecular formula is C23H32FN3O4. The predicted octanol–water partition coefficient (Wildman–Crippen LogP) is 3.72. The van der Waals surface area contributed by atoms with Crippen LogP contribution in [0.2, 0.25) is 0 Å². The number of nitrogens with zero attached hydrogens (tertiary/aromatic N) is 3. The predicted molar refractivity (Wildman–Crippen MR) is 116 cm³/mol. The van der Waals surface area contributed by atoms with Crippen molar-refractivity contribution in [2.75, 3.05) is 49.2 Å². The number of benzene rings is 1. The normalized spacial score (nSPS) is 24.8. The van der Waals surface area contributed by atoms with Gasteiger partial charge in [0, 0.05) is 45.4 Å². The van der Waals surface area contributed by atoms with E-state index < -0.39 is 17.3 Å². The quantitative estimate of drug-likeness (QED) is 0.766. The Hall–Kier alpha value is -2.35. The molecule has 3 aliphatic rings. The molecule has 0 saturated carbocycles. The van der Waals surface area contributed by atoms with Gasteiger partial charge in [-0.05, 0) is 56.7 Å². The third-order valence-electron chi connectivity index (χ3n) is 7.02. The minimum Gasteiger partial charge on any atom is -0.465 e. The summed E-state index contributed by atoms with van der Waals surface area (Å²) < 4.78 is 20.5. The molecule has 0 radical (unpaired) electrons. The fourth-order valence-corrected chi connectivity index (χ4v) is 5.39. The number of carbonyl (C=O) groups is 2. The molecule has 4 rings (SSSR count). The van der Waals surface area contributed by atoms with Gasteiger partial charge < -0.3 is 19.6 Å². The average molecular weight is 434 g/mol. The lowest BCUT2D eigenvalue weighted by molar-refractivity contribution is -0.139. The molecule has 170 valence electrons. The summed E-state index contributed by atoms with van der Waals surface area (Å²) in [6, 6.07) is 4.87. The van der Waals surface area contributed by atoms with Gasteiger partial charge in [-0.3, -0.25) is 9.69 Å². The monoisotopic (exact) mass is 433 g/mol. The first-order valence-corrected chi connectivity index (χ1v) is 11.4. The molecule has 3 fully saturated rings. The lowest BCUT2D eigenvalue weighted by atomic mass is 9.78. The van der Waals surface area contributed by atoms with Crippen molar-refractivity contribution in [2.45, 2.75) is 51.5 Å². The van der Waals surface area contributed by atoms with E-state index >= 15 is 4.39 Å². The van der Waals surface area contributed by atoms with Crippen molar-refractivity contribution in [3.8, 4) is 0 Å². The lowest BCUT2D eigenvalue weighted by Gasteiger charge is -2.41. The molecule has 3 saturated heterocycles. The zero-order valence-electron chi connectivity index (χ0n) is 18.2. The highest BCUT2D eigenvalue weighted by Gasteiger charge is 2.50. The molecule has 2 amide bonds. The van der Waals surface area contributed by atoms with Gasteiger partial charge in [-0.15, -0.1) is 0 Å². The molecule has 0 aromatic heterocycles. The van der Waals surface area contributed by atoms with Crippen LogP contribution in [0.5, 0.6) is 0 Å². The van der Waals surface area contributed by atoms with Crippen LogP contribution in [0, 0.1) is 11.2 Å². The van der Waals surface area contributed by atoms with E-state index in [1.165, 1.54) is 6.07 Å². The van der Waals surface area contributed by atoms with E-state index in [9.17, 15) is 14.7 Å². The maximum absolute atomic E-state index is 15.1. The van der Waals surface area contributed by atoms with Gasteiger partial charge in [-0.2, -0.15) is 0 Å². The standard InChI is InChI=1S/C23H32FN3O4/c1-2-10-27(22(29)30)18-4-5-20(19(24)15-18)25-11-3-8-23(16-25)9-12-26(21(23)28)17-6-13-31-14-7-17/h4-5,15,17H,2-3,6-14,16H2,1H3,(H,29,30)/t23-/m0/s1. The Balaban J connectivity index is 1.51. The third-order valence-corrected chi connectivity index (χ3v) is 7.02. The van der Waals surface area contributed by atoms with Gasteiger partial charge in [0.2, 0.25) is 5.91 Å². The van der Waals surface area contributed by atoms with Crippen molar-refractivity contribution < 1.29 is 23.8 Å². The van der Waals surface area contributed by atoms with Crippen LogP contribution in [0.15, 0.2) is 18.2 Å². The molecule has 1 aromatic rings. The summed E-state index contributed by atoms with van der Waals surface area (Å²) in [6.45, 7) is 5.59. The Labute approximate surface area is 182 Å². The molecule has 7 nitrogen and oxygen atoms in total. The van der Waals surface area contributed by atoms with Crippen molar-refractivity contribution in [2.24, 2.45) is 5.41 Å². The number of likely N-dealkylation sites (tertiary alicyclic amines) is 1. The Morgan fingerprint density at radius 1 is 1.29 bits per heavy atom. The molecular weight excluding hydrogens is 401 g/mol. The summed E-state index contributed by atoms with van der Waals surface area (Å²) in [7, 11) is 0. The molecule has 1 N–H and O–H groups in total. The Morgan fingerprint density at radius 2 is 2.06 bits per heavy atom. The minimum atomic E-state index is -1.09. The Kier molecular flexibility index (Phi) is 6.36. The summed E-state index contributed by atoms with van der Waals surface area (Å²) in [6.07, 6.45) is 3.82. The summed E-state index contributed by atoms with van der Waals surface area (Å²) >= 11 is 0. The molecule has 0 unspecified atom stereocenters. The first kappa shape index (κ1) is 21.9. The van der Waals surface area contributed by atoms with Crippen LogP contribution >= 0.6 is 0 Å². The van der Waals surface area contributed by atoms with E-state index in [4.69, 9.17) is 4.74 Å². The second kappa shape index (κ2) is 9.02. The van der Waals surface area contributed by atoms with Crippen LogP contribution in [0.3, 0.4) is 0 Å². The Bertz CT molecular complexity index is 829. The van der Waals surface area contributed by atoms with Gasteiger partial charge in [0.25, 0.3) is 0 Å². The van der Waals surface area contributed by atoms with Crippen LogP contribution in [0.4, 0.5) is 20.6 Å². The van der Waals surface area contributed by atoms with E-state index in [1.807, 2.05) is 16.7 Å². The molecule has 0 bridgehead atoms. The van der Waals surface area contributed by atoms with Crippen molar-refractivity contribution >= 4 is 23.4 Å². The maximum atomic E-state index is 15.1. The molecule has 1 atom stereocenters. The minimum absolute atomic E-state index is 0.209. The summed E-state index contributed by atoms with van der Waals surface area (Å²) in [5.41, 5.74) is 0.337. The number of carboxylic acid groups (broad SMARTS) is 1. The van der Waals surface area contributed by atoms with Gasteiger partial charge in [-0.1, -0.05) is 6.92 Å². The number of amides is 2.